The Bertz CT molecular complexity index is 1060. The molecule has 3 aromatic rings. The van der Waals surface area contributed by atoms with Gasteiger partial charge in [0.1, 0.15) is 0 Å². The third-order valence-corrected chi connectivity index (χ3v) is 5.36. The van der Waals surface area contributed by atoms with Crippen LogP contribution in [0.5, 0.6) is 0 Å². The van der Waals surface area contributed by atoms with Gasteiger partial charge in [-0.3, -0.25) is 14.3 Å². The van der Waals surface area contributed by atoms with Crippen molar-refractivity contribution in [3.05, 3.63) is 55.7 Å². The number of H-pyrrole nitrogens is 1. The van der Waals surface area contributed by atoms with Gasteiger partial charge in [-0.05, 0) is 11.6 Å². The summed E-state index contributed by atoms with van der Waals surface area (Å²) in [5.41, 5.74) is 0.167. The molecule has 2 heterocycles. The fourth-order valence-electron chi connectivity index (χ4n) is 2.49. The van der Waals surface area contributed by atoms with Crippen LogP contribution in [0.25, 0.3) is 11.2 Å². The van der Waals surface area contributed by atoms with E-state index in [4.69, 9.17) is 16.7 Å². The minimum absolute atomic E-state index is 0.189. The van der Waals surface area contributed by atoms with E-state index < -0.39 is 17.4 Å². The summed E-state index contributed by atoms with van der Waals surface area (Å²) in [4.78, 5) is 30.9. The van der Waals surface area contributed by atoms with Crippen molar-refractivity contribution < 1.29 is 10.2 Å². The number of hydrogen-bond acceptors (Lipinski definition) is 6. The van der Waals surface area contributed by atoms with Crippen LogP contribution in [0.1, 0.15) is 5.56 Å². The molecule has 0 amide bonds. The first-order valence-electron chi connectivity index (χ1n) is 7.77. The lowest BCUT2D eigenvalue weighted by Crippen LogP contribution is -2.29. The molecule has 0 spiro atoms. The molecular formula is C16H17ClN4O4S. The van der Waals surface area contributed by atoms with Gasteiger partial charge in [0.15, 0.2) is 16.3 Å². The SMILES string of the molecule is Cn1c(=O)[nH]c(=O)c2c1nc(SC[C@@H](O)CO)n2Cc1ccccc1Cl. The van der Waals surface area contributed by atoms with Gasteiger partial charge < -0.3 is 14.8 Å². The number of aryl methyl sites for hydroxylation is 1. The van der Waals surface area contributed by atoms with Crippen molar-refractivity contribution >= 4 is 34.5 Å². The molecule has 2 aromatic heterocycles. The van der Waals surface area contributed by atoms with Gasteiger partial charge in [0.2, 0.25) is 0 Å². The van der Waals surface area contributed by atoms with Crippen LogP contribution in [0.3, 0.4) is 0 Å². The largest absolute Gasteiger partial charge is 0.394 e. The Morgan fingerprint density at radius 3 is 2.77 bits per heavy atom. The van der Waals surface area contributed by atoms with E-state index in [1.165, 1.54) is 23.4 Å². The monoisotopic (exact) mass is 396 g/mol. The topological polar surface area (TPSA) is 113 Å². The Labute approximate surface area is 157 Å². The predicted molar refractivity (Wildman–Crippen MR) is 100.0 cm³/mol. The lowest BCUT2D eigenvalue weighted by Gasteiger charge is -2.11. The number of halogens is 1. The number of rotatable bonds is 6. The summed E-state index contributed by atoms with van der Waals surface area (Å²) in [6.45, 7) is -0.105. The first kappa shape index (κ1) is 18.7. The second-order valence-corrected chi connectivity index (χ2v) is 7.10. The van der Waals surface area contributed by atoms with Crippen LogP contribution in [-0.2, 0) is 13.6 Å². The van der Waals surface area contributed by atoms with E-state index in [1.54, 1.807) is 10.6 Å². The summed E-state index contributed by atoms with van der Waals surface area (Å²) < 4.78 is 2.91. The van der Waals surface area contributed by atoms with Gasteiger partial charge in [-0.25, -0.2) is 9.78 Å². The summed E-state index contributed by atoms with van der Waals surface area (Å²) in [6, 6.07) is 7.23. The molecule has 0 aliphatic carbocycles. The smallest absolute Gasteiger partial charge is 0.329 e. The van der Waals surface area contributed by atoms with E-state index in [-0.39, 0.29) is 30.1 Å². The number of aromatic nitrogens is 4. The van der Waals surface area contributed by atoms with E-state index in [2.05, 4.69) is 9.97 Å². The maximum Gasteiger partial charge on any atom is 0.329 e. The summed E-state index contributed by atoms with van der Waals surface area (Å²) in [7, 11) is 1.52. The van der Waals surface area contributed by atoms with Crippen molar-refractivity contribution in [3.63, 3.8) is 0 Å². The molecule has 0 aliphatic heterocycles. The second kappa shape index (κ2) is 7.67. The van der Waals surface area contributed by atoms with Crippen molar-refractivity contribution in [2.75, 3.05) is 12.4 Å². The van der Waals surface area contributed by atoms with Crippen molar-refractivity contribution in [3.8, 4) is 0 Å². The average molecular weight is 397 g/mol. The van der Waals surface area contributed by atoms with Crippen LogP contribution in [0, 0.1) is 0 Å². The number of fused-ring (bicyclic) bond motifs is 1. The summed E-state index contributed by atoms with van der Waals surface area (Å²) in [5.74, 6) is 0.189. The molecular weight excluding hydrogens is 380 g/mol. The molecule has 0 radical (unpaired) electrons. The molecule has 0 unspecified atom stereocenters. The quantitative estimate of drug-likeness (QED) is 0.525. The van der Waals surface area contributed by atoms with E-state index in [1.807, 2.05) is 18.2 Å². The molecule has 138 valence electrons. The zero-order valence-corrected chi connectivity index (χ0v) is 15.4. The molecule has 0 fully saturated rings. The Hall–Kier alpha value is -2.07. The lowest BCUT2D eigenvalue weighted by molar-refractivity contribution is 0.113. The highest BCUT2D eigenvalue weighted by Gasteiger charge is 2.19. The van der Waals surface area contributed by atoms with Gasteiger partial charge in [-0.2, -0.15) is 0 Å². The molecule has 3 N–H and O–H groups in total. The van der Waals surface area contributed by atoms with Gasteiger partial charge in [0.25, 0.3) is 5.56 Å². The lowest BCUT2D eigenvalue weighted by atomic mass is 10.2. The van der Waals surface area contributed by atoms with Crippen LogP contribution in [0.2, 0.25) is 5.02 Å². The molecule has 10 heteroatoms. The standard InChI is InChI=1S/C16H17ClN4O4S/c1-20-13-12(14(24)19-15(20)25)21(6-9-4-2-3-5-11(9)17)16(18-13)26-8-10(23)7-22/h2-5,10,22-23H,6-8H2,1H3,(H,19,24,25)/t10-/m0/s1. The fraction of sp³-hybridized carbons (Fsp3) is 0.312. The third-order valence-electron chi connectivity index (χ3n) is 3.87. The minimum Gasteiger partial charge on any atom is -0.394 e. The number of nitrogens with one attached hydrogen (secondary N) is 1. The van der Waals surface area contributed by atoms with Crippen LogP contribution in [-0.4, -0.2) is 47.8 Å². The second-order valence-electron chi connectivity index (χ2n) is 5.71. The number of aliphatic hydroxyl groups excluding tert-OH is 2. The Morgan fingerprint density at radius 2 is 2.08 bits per heavy atom. The molecule has 0 aliphatic rings. The van der Waals surface area contributed by atoms with E-state index in [0.29, 0.717) is 10.2 Å². The van der Waals surface area contributed by atoms with Crippen molar-refractivity contribution in [1.82, 2.24) is 19.1 Å². The normalized spacial score (nSPS) is 12.6. The first-order valence-corrected chi connectivity index (χ1v) is 9.13. The van der Waals surface area contributed by atoms with Crippen molar-refractivity contribution in [2.45, 2.75) is 17.8 Å². The molecule has 1 aromatic carbocycles. The van der Waals surface area contributed by atoms with Crippen LogP contribution in [0.4, 0.5) is 0 Å². The summed E-state index contributed by atoms with van der Waals surface area (Å²) in [5, 5.41) is 19.6. The van der Waals surface area contributed by atoms with E-state index in [9.17, 15) is 14.7 Å². The highest BCUT2D eigenvalue weighted by molar-refractivity contribution is 7.99. The summed E-state index contributed by atoms with van der Waals surface area (Å²) >= 11 is 7.42. The number of thioether (sulfide) groups is 1. The number of aliphatic hydroxyl groups is 2. The van der Waals surface area contributed by atoms with Crippen LogP contribution < -0.4 is 11.2 Å². The number of benzene rings is 1. The molecule has 0 saturated carbocycles. The zero-order valence-electron chi connectivity index (χ0n) is 13.8. The number of hydrogen-bond donors (Lipinski definition) is 3. The summed E-state index contributed by atoms with van der Waals surface area (Å²) in [6.07, 6.45) is -0.921. The number of nitrogens with zero attached hydrogens (tertiary/aromatic N) is 3. The highest BCUT2D eigenvalue weighted by atomic mass is 35.5. The Balaban J connectivity index is 2.16. The van der Waals surface area contributed by atoms with Crippen molar-refractivity contribution in [2.24, 2.45) is 7.05 Å². The molecule has 8 nitrogen and oxygen atoms in total. The van der Waals surface area contributed by atoms with E-state index in [0.717, 1.165) is 5.56 Å². The average Bonchev–Trinajstić information content (AvgIpc) is 2.98. The molecule has 0 bridgehead atoms. The minimum atomic E-state index is -0.921. The van der Waals surface area contributed by atoms with Crippen LogP contribution in [0.15, 0.2) is 39.0 Å². The molecule has 1 atom stereocenters. The first-order chi connectivity index (χ1) is 12.4. The van der Waals surface area contributed by atoms with Crippen molar-refractivity contribution in [1.29, 1.82) is 0 Å². The Morgan fingerprint density at radius 1 is 1.35 bits per heavy atom. The van der Waals surface area contributed by atoms with Gasteiger partial charge in [-0.1, -0.05) is 41.6 Å². The predicted octanol–water partition coefficient (Wildman–Crippen LogP) is 0.570. The van der Waals surface area contributed by atoms with Gasteiger partial charge in [-0.15, -0.1) is 0 Å². The third kappa shape index (κ3) is 3.56. The van der Waals surface area contributed by atoms with E-state index >= 15 is 0 Å². The van der Waals surface area contributed by atoms with Gasteiger partial charge in [0, 0.05) is 17.8 Å². The maximum atomic E-state index is 12.4. The fourth-order valence-corrected chi connectivity index (χ4v) is 3.60. The molecule has 26 heavy (non-hydrogen) atoms. The highest BCUT2D eigenvalue weighted by Crippen LogP contribution is 2.25. The Kier molecular flexibility index (Phi) is 5.52. The zero-order chi connectivity index (χ0) is 18.8. The van der Waals surface area contributed by atoms with Gasteiger partial charge in [0.05, 0.1) is 19.3 Å². The maximum absolute atomic E-state index is 12.4. The molecule has 3 rings (SSSR count). The van der Waals surface area contributed by atoms with Gasteiger partial charge >= 0.3 is 5.69 Å². The number of aromatic amines is 1. The van der Waals surface area contributed by atoms with Crippen LogP contribution >= 0.6 is 23.4 Å². The number of imidazole rings is 1. The molecule has 0 saturated heterocycles.